The molecule has 0 aromatic heterocycles. The van der Waals surface area contributed by atoms with E-state index in [0.717, 1.165) is 39.8 Å². The van der Waals surface area contributed by atoms with Gasteiger partial charge < -0.3 is 4.74 Å². The Bertz CT molecular complexity index is 1190. The normalized spacial score (nSPS) is 14.6. The fourth-order valence-corrected chi connectivity index (χ4v) is 3.84. The number of nitrogens with one attached hydrogen (secondary N) is 1. The maximum Gasteiger partial charge on any atom is 0.229 e. The molecule has 0 amide bonds. The van der Waals surface area contributed by atoms with Crippen molar-refractivity contribution in [1.82, 2.24) is 0 Å². The number of hydrogen-bond donors (Lipinski definition) is 1. The third kappa shape index (κ3) is 3.92. The van der Waals surface area contributed by atoms with Gasteiger partial charge in [-0.1, -0.05) is 36.4 Å². The van der Waals surface area contributed by atoms with Crippen molar-refractivity contribution in [3.05, 3.63) is 94.8 Å². The van der Waals surface area contributed by atoms with E-state index >= 15 is 0 Å². The van der Waals surface area contributed by atoms with Crippen LogP contribution >= 0.6 is 0 Å². The minimum Gasteiger partial charge on any atom is -0.488 e. The average Bonchev–Trinajstić information content (AvgIpc) is 2.78. The average molecular weight is 395 g/mol. The van der Waals surface area contributed by atoms with Crippen LogP contribution in [0.5, 0.6) is 5.75 Å². The van der Waals surface area contributed by atoms with E-state index < -0.39 is 10.0 Å². The number of sulfonamides is 1. The Labute approximate surface area is 163 Å². The highest BCUT2D eigenvalue weighted by atomic mass is 32.2. The van der Waals surface area contributed by atoms with Crippen LogP contribution in [0.25, 0.3) is 11.6 Å². The zero-order valence-electron chi connectivity index (χ0n) is 15.1. The molecular formula is C22H18FNO3S. The van der Waals surface area contributed by atoms with Gasteiger partial charge in [-0.3, -0.25) is 4.72 Å². The number of fused-ring (bicyclic) bond motifs is 2. The van der Waals surface area contributed by atoms with Crippen LogP contribution in [0.4, 0.5) is 10.1 Å². The van der Waals surface area contributed by atoms with E-state index in [4.69, 9.17) is 4.74 Å². The molecule has 0 radical (unpaired) electrons. The molecule has 4 nitrogen and oxygen atoms in total. The first-order valence-corrected chi connectivity index (χ1v) is 10.6. The van der Waals surface area contributed by atoms with Gasteiger partial charge in [0.2, 0.25) is 10.0 Å². The third-order valence-electron chi connectivity index (χ3n) is 4.42. The second kappa shape index (κ2) is 7.13. The molecule has 0 aliphatic carbocycles. The predicted octanol–water partition coefficient (Wildman–Crippen LogP) is 4.68. The van der Waals surface area contributed by atoms with Crippen LogP contribution in [0.1, 0.15) is 22.3 Å². The first-order valence-electron chi connectivity index (χ1n) is 8.70. The number of ether oxygens (including phenoxy) is 1. The molecule has 1 aliphatic rings. The van der Waals surface area contributed by atoms with Crippen LogP contribution in [0.3, 0.4) is 0 Å². The highest BCUT2D eigenvalue weighted by Gasteiger charge is 2.19. The molecule has 1 heterocycles. The topological polar surface area (TPSA) is 55.4 Å². The maximum absolute atomic E-state index is 13.8. The monoisotopic (exact) mass is 395 g/mol. The zero-order chi connectivity index (χ0) is 19.7. The molecule has 1 aliphatic heterocycles. The summed E-state index contributed by atoms with van der Waals surface area (Å²) in [6.07, 6.45) is 3.07. The van der Waals surface area contributed by atoms with Crippen LogP contribution in [0, 0.1) is 5.82 Å². The Hall–Kier alpha value is -3.12. The summed E-state index contributed by atoms with van der Waals surface area (Å²) < 4.78 is 45.2. The number of para-hydroxylation sites is 1. The summed E-state index contributed by atoms with van der Waals surface area (Å²) >= 11 is 0. The van der Waals surface area contributed by atoms with E-state index in [1.807, 2.05) is 36.4 Å². The van der Waals surface area contributed by atoms with Crippen LogP contribution < -0.4 is 9.46 Å². The number of benzene rings is 3. The predicted molar refractivity (Wildman–Crippen MR) is 109 cm³/mol. The summed E-state index contributed by atoms with van der Waals surface area (Å²) in [6, 6.07) is 19.4. The van der Waals surface area contributed by atoms with Gasteiger partial charge in [0.1, 0.15) is 18.2 Å². The van der Waals surface area contributed by atoms with Crippen molar-refractivity contribution in [2.45, 2.75) is 6.61 Å². The number of anilines is 1. The standard InChI is InChI=1S/C22H18FNO3S/c1-28(25,26)24-18-6-4-5-15(11-18)12-21-19-10-9-17(23)13-16(19)14-27-22-8-3-2-7-20(21)22/h2-13,24H,14H2,1H3/b21-12-. The van der Waals surface area contributed by atoms with Gasteiger partial charge in [0, 0.05) is 16.8 Å². The molecule has 4 rings (SSSR count). The van der Waals surface area contributed by atoms with Gasteiger partial charge in [0.05, 0.1) is 6.26 Å². The van der Waals surface area contributed by atoms with Gasteiger partial charge in [-0.25, -0.2) is 12.8 Å². The molecule has 0 saturated heterocycles. The third-order valence-corrected chi connectivity index (χ3v) is 5.03. The van der Waals surface area contributed by atoms with Crippen molar-refractivity contribution in [1.29, 1.82) is 0 Å². The summed E-state index contributed by atoms with van der Waals surface area (Å²) in [5.74, 6) is 0.405. The number of rotatable bonds is 3. The van der Waals surface area contributed by atoms with Crippen LogP contribution in [0.2, 0.25) is 0 Å². The molecule has 0 bridgehead atoms. The largest absolute Gasteiger partial charge is 0.488 e. The molecule has 0 atom stereocenters. The molecule has 0 unspecified atom stereocenters. The summed E-state index contributed by atoms with van der Waals surface area (Å²) in [5, 5.41) is 0. The minimum atomic E-state index is -3.37. The zero-order valence-corrected chi connectivity index (χ0v) is 16.0. The molecule has 0 saturated carbocycles. The SMILES string of the molecule is CS(=O)(=O)Nc1cccc(/C=C2/c3ccc(F)cc3COc3ccccc32)c1. The lowest BCUT2D eigenvalue weighted by molar-refractivity contribution is 0.306. The molecule has 1 N–H and O–H groups in total. The Morgan fingerprint density at radius 3 is 2.64 bits per heavy atom. The Kier molecular flexibility index (Phi) is 4.65. The fraction of sp³-hybridized carbons (Fsp3) is 0.0909. The van der Waals surface area contributed by atoms with Crippen molar-refractivity contribution in [2.24, 2.45) is 0 Å². The lowest BCUT2D eigenvalue weighted by Gasteiger charge is -2.11. The van der Waals surface area contributed by atoms with Gasteiger partial charge in [-0.15, -0.1) is 0 Å². The summed E-state index contributed by atoms with van der Waals surface area (Å²) in [6.45, 7) is 0.275. The smallest absolute Gasteiger partial charge is 0.229 e. The van der Waals surface area contributed by atoms with E-state index in [-0.39, 0.29) is 12.4 Å². The Morgan fingerprint density at radius 1 is 1.00 bits per heavy atom. The van der Waals surface area contributed by atoms with Crippen LogP contribution in [-0.2, 0) is 16.6 Å². The van der Waals surface area contributed by atoms with Gasteiger partial charge in [0.25, 0.3) is 0 Å². The molecule has 6 heteroatoms. The summed E-state index contributed by atoms with van der Waals surface area (Å²) in [7, 11) is -3.37. The van der Waals surface area contributed by atoms with Crippen molar-refractivity contribution in [3.63, 3.8) is 0 Å². The van der Waals surface area contributed by atoms with Crippen molar-refractivity contribution in [3.8, 4) is 5.75 Å². The van der Waals surface area contributed by atoms with E-state index in [0.29, 0.717) is 5.69 Å². The first kappa shape index (κ1) is 18.3. The van der Waals surface area contributed by atoms with Crippen molar-refractivity contribution in [2.75, 3.05) is 11.0 Å². The lowest BCUT2D eigenvalue weighted by Crippen LogP contribution is -2.09. The first-order chi connectivity index (χ1) is 13.4. The molecule has 3 aromatic rings. The van der Waals surface area contributed by atoms with Crippen LogP contribution in [-0.4, -0.2) is 14.7 Å². The quantitative estimate of drug-likeness (QED) is 0.701. The van der Waals surface area contributed by atoms with Crippen molar-refractivity contribution >= 4 is 27.4 Å². The summed E-state index contributed by atoms with van der Waals surface area (Å²) in [4.78, 5) is 0. The van der Waals surface area contributed by atoms with Crippen molar-refractivity contribution < 1.29 is 17.5 Å². The summed E-state index contributed by atoms with van der Waals surface area (Å²) in [5.41, 5.74) is 4.72. The van der Waals surface area contributed by atoms with Crippen LogP contribution in [0.15, 0.2) is 66.7 Å². The molecule has 0 spiro atoms. The molecule has 142 valence electrons. The minimum absolute atomic E-state index is 0.275. The van der Waals surface area contributed by atoms with E-state index in [9.17, 15) is 12.8 Å². The second-order valence-electron chi connectivity index (χ2n) is 6.64. The Balaban J connectivity index is 1.88. The molecule has 3 aromatic carbocycles. The molecule has 0 fully saturated rings. The van der Waals surface area contributed by atoms with E-state index in [1.54, 1.807) is 24.3 Å². The molecular weight excluding hydrogens is 377 g/mol. The Morgan fingerprint density at radius 2 is 1.82 bits per heavy atom. The second-order valence-corrected chi connectivity index (χ2v) is 8.39. The van der Waals surface area contributed by atoms with Gasteiger partial charge >= 0.3 is 0 Å². The number of halogens is 1. The van der Waals surface area contributed by atoms with Gasteiger partial charge in [-0.05, 0) is 53.1 Å². The van der Waals surface area contributed by atoms with E-state index in [1.165, 1.54) is 12.1 Å². The molecule has 28 heavy (non-hydrogen) atoms. The highest BCUT2D eigenvalue weighted by molar-refractivity contribution is 7.92. The maximum atomic E-state index is 13.8. The lowest BCUT2D eigenvalue weighted by atomic mass is 9.92. The highest BCUT2D eigenvalue weighted by Crippen LogP contribution is 2.38. The van der Waals surface area contributed by atoms with E-state index in [2.05, 4.69) is 4.72 Å². The fourth-order valence-electron chi connectivity index (χ4n) is 3.29. The van der Waals surface area contributed by atoms with Gasteiger partial charge in [0.15, 0.2) is 0 Å². The number of hydrogen-bond acceptors (Lipinski definition) is 3. The van der Waals surface area contributed by atoms with Gasteiger partial charge in [-0.2, -0.15) is 0 Å².